The Morgan fingerprint density at radius 3 is 2.65 bits per heavy atom. The van der Waals surface area contributed by atoms with Crippen LogP contribution in [0.3, 0.4) is 0 Å². The number of carbonyl (C=O) groups excluding carboxylic acids is 1. The second kappa shape index (κ2) is 4.94. The van der Waals surface area contributed by atoms with Gasteiger partial charge in [0.25, 0.3) is 5.91 Å². The lowest BCUT2D eigenvalue weighted by Gasteiger charge is -2.18. The van der Waals surface area contributed by atoms with E-state index in [1.165, 1.54) is 5.56 Å². The zero-order chi connectivity index (χ0) is 14.3. The van der Waals surface area contributed by atoms with E-state index in [-0.39, 0.29) is 5.91 Å². The lowest BCUT2D eigenvalue weighted by molar-refractivity contribution is 0.0989. The number of hydrogen-bond acceptors (Lipinski definition) is 2. The number of nitrogens with two attached hydrogens (primary N) is 1. The molecule has 2 aromatic rings. The largest absolute Gasteiger partial charge is 0.398 e. The Morgan fingerprint density at radius 1 is 1.25 bits per heavy atom. The van der Waals surface area contributed by atoms with Gasteiger partial charge in [0.05, 0.1) is 0 Å². The van der Waals surface area contributed by atoms with Gasteiger partial charge in [-0.15, -0.1) is 0 Å². The van der Waals surface area contributed by atoms with Crippen molar-refractivity contribution in [3.05, 3.63) is 57.6 Å². The summed E-state index contributed by atoms with van der Waals surface area (Å²) < 4.78 is 0.968. The van der Waals surface area contributed by atoms with Crippen molar-refractivity contribution in [1.29, 1.82) is 0 Å². The van der Waals surface area contributed by atoms with E-state index in [0.717, 1.165) is 27.8 Å². The average Bonchev–Trinajstić information content (AvgIpc) is 2.82. The van der Waals surface area contributed by atoms with Gasteiger partial charge in [-0.1, -0.05) is 22.0 Å². The normalized spacial score (nSPS) is 13.4. The Bertz CT molecular complexity index is 680. The Balaban J connectivity index is 1.96. The number of rotatable bonds is 1. The number of nitrogens with zero attached hydrogens (tertiary/aromatic N) is 1. The number of amides is 1. The molecule has 0 aliphatic carbocycles. The minimum atomic E-state index is 0.0273. The fraction of sp³-hybridized carbons (Fsp3) is 0.188. The molecule has 0 unspecified atom stereocenters. The first-order chi connectivity index (χ1) is 9.56. The third-order valence-electron chi connectivity index (χ3n) is 3.70. The Kier molecular flexibility index (Phi) is 3.26. The number of benzene rings is 2. The first-order valence-electron chi connectivity index (χ1n) is 6.52. The van der Waals surface area contributed by atoms with Gasteiger partial charge >= 0.3 is 0 Å². The topological polar surface area (TPSA) is 46.3 Å². The van der Waals surface area contributed by atoms with Gasteiger partial charge in [-0.3, -0.25) is 4.79 Å². The molecule has 4 heteroatoms. The number of carbonyl (C=O) groups is 1. The molecular formula is C16H15BrN2O. The first kappa shape index (κ1) is 13.2. The van der Waals surface area contributed by atoms with Gasteiger partial charge in [-0.05, 0) is 54.8 Å². The van der Waals surface area contributed by atoms with Crippen LogP contribution in [0.1, 0.15) is 21.5 Å². The second-order valence-electron chi connectivity index (χ2n) is 5.05. The zero-order valence-electron chi connectivity index (χ0n) is 11.2. The second-order valence-corrected chi connectivity index (χ2v) is 5.97. The molecule has 0 saturated carbocycles. The maximum atomic E-state index is 12.6. The van der Waals surface area contributed by atoms with Gasteiger partial charge in [-0.2, -0.15) is 0 Å². The van der Waals surface area contributed by atoms with Crippen LogP contribution in [0, 0.1) is 6.92 Å². The third kappa shape index (κ3) is 2.20. The lowest BCUT2D eigenvalue weighted by Crippen LogP contribution is -2.28. The van der Waals surface area contributed by atoms with E-state index in [2.05, 4.69) is 22.0 Å². The van der Waals surface area contributed by atoms with Crippen LogP contribution in [0.15, 0.2) is 40.9 Å². The highest BCUT2D eigenvalue weighted by Crippen LogP contribution is 2.33. The van der Waals surface area contributed by atoms with Crippen LogP contribution in [0.25, 0.3) is 0 Å². The van der Waals surface area contributed by atoms with Crippen molar-refractivity contribution in [2.75, 3.05) is 17.2 Å². The average molecular weight is 331 g/mol. The van der Waals surface area contributed by atoms with E-state index < -0.39 is 0 Å². The smallest absolute Gasteiger partial charge is 0.258 e. The van der Waals surface area contributed by atoms with Crippen molar-refractivity contribution in [3.8, 4) is 0 Å². The molecule has 1 aliphatic rings. The maximum Gasteiger partial charge on any atom is 0.258 e. The molecule has 2 aromatic carbocycles. The van der Waals surface area contributed by atoms with Crippen LogP contribution in [0.5, 0.6) is 0 Å². The van der Waals surface area contributed by atoms with Gasteiger partial charge in [-0.25, -0.2) is 0 Å². The molecule has 1 heterocycles. The number of halogens is 1. The van der Waals surface area contributed by atoms with Crippen molar-refractivity contribution in [1.82, 2.24) is 0 Å². The minimum absolute atomic E-state index is 0.0273. The van der Waals surface area contributed by atoms with Crippen LogP contribution < -0.4 is 10.6 Å². The molecule has 0 bridgehead atoms. The molecule has 0 saturated heterocycles. The first-order valence-corrected chi connectivity index (χ1v) is 7.32. The summed E-state index contributed by atoms with van der Waals surface area (Å²) in [5.41, 5.74) is 10.6. The summed E-state index contributed by atoms with van der Waals surface area (Å²) in [6.45, 7) is 2.71. The number of nitrogen functional groups attached to an aromatic ring is 1. The van der Waals surface area contributed by atoms with Crippen LogP contribution >= 0.6 is 15.9 Å². The molecule has 3 rings (SSSR count). The van der Waals surface area contributed by atoms with E-state index in [1.54, 1.807) is 0 Å². The van der Waals surface area contributed by atoms with E-state index in [1.807, 2.05) is 42.2 Å². The molecule has 0 atom stereocenters. The highest BCUT2D eigenvalue weighted by molar-refractivity contribution is 9.10. The molecule has 0 aromatic heterocycles. The van der Waals surface area contributed by atoms with Gasteiger partial charge in [0, 0.05) is 28.0 Å². The Hall–Kier alpha value is -1.81. The summed E-state index contributed by atoms with van der Waals surface area (Å²) in [7, 11) is 0. The van der Waals surface area contributed by atoms with Crippen LogP contribution in [0.2, 0.25) is 0 Å². The Morgan fingerprint density at radius 2 is 1.95 bits per heavy atom. The molecule has 0 spiro atoms. The molecule has 3 nitrogen and oxygen atoms in total. The van der Waals surface area contributed by atoms with Crippen molar-refractivity contribution in [2.24, 2.45) is 0 Å². The Labute approximate surface area is 126 Å². The highest BCUT2D eigenvalue weighted by Gasteiger charge is 2.26. The summed E-state index contributed by atoms with van der Waals surface area (Å²) in [5.74, 6) is 0.0273. The van der Waals surface area contributed by atoms with Crippen molar-refractivity contribution >= 4 is 33.2 Å². The SMILES string of the molecule is Cc1cc2c(cc1N)N(C(=O)c1ccc(Br)cc1)CC2. The number of fused-ring (bicyclic) bond motifs is 1. The van der Waals surface area contributed by atoms with E-state index >= 15 is 0 Å². The molecule has 0 radical (unpaired) electrons. The third-order valence-corrected chi connectivity index (χ3v) is 4.23. The molecule has 102 valence electrons. The van der Waals surface area contributed by atoms with E-state index in [4.69, 9.17) is 5.73 Å². The maximum absolute atomic E-state index is 12.6. The predicted molar refractivity (Wildman–Crippen MR) is 85.1 cm³/mol. The quantitative estimate of drug-likeness (QED) is 0.813. The summed E-state index contributed by atoms with van der Waals surface area (Å²) in [6.07, 6.45) is 0.888. The monoisotopic (exact) mass is 330 g/mol. The predicted octanol–water partition coefficient (Wildman–Crippen LogP) is 3.54. The molecule has 1 amide bonds. The lowest BCUT2D eigenvalue weighted by atomic mass is 10.1. The van der Waals surface area contributed by atoms with Crippen molar-refractivity contribution < 1.29 is 4.79 Å². The zero-order valence-corrected chi connectivity index (χ0v) is 12.8. The van der Waals surface area contributed by atoms with Gasteiger partial charge < -0.3 is 10.6 Å². The minimum Gasteiger partial charge on any atom is -0.398 e. The molecule has 0 fully saturated rings. The number of aryl methyl sites for hydroxylation is 1. The molecule has 1 aliphatic heterocycles. The summed E-state index contributed by atoms with van der Waals surface area (Å²) in [4.78, 5) is 14.4. The van der Waals surface area contributed by atoms with Crippen molar-refractivity contribution in [3.63, 3.8) is 0 Å². The molecule has 2 N–H and O–H groups in total. The number of hydrogen-bond donors (Lipinski definition) is 1. The fourth-order valence-corrected chi connectivity index (χ4v) is 2.80. The van der Waals surface area contributed by atoms with Crippen molar-refractivity contribution in [2.45, 2.75) is 13.3 Å². The van der Waals surface area contributed by atoms with Crippen LogP contribution in [-0.4, -0.2) is 12.5 Å². The summed E-state index contributed by atoms with van der Waals surface area (Å²) >= 11 is 3.38. The van der Waals surface area contributed by atoms with Crippen LogP contribution in [-0.2, 0) is 6.42 Å². The molecular weight excluding hydrogens is 316 g/mol. The summed E-state index contributed by atoms with van der Waals surface area (Å²) in [6, 6.07) is 11.4. The van der Waals surface area contributed by atoms with Crippen LogP contribution in [0.4, 0.5) is 11.4 Å². The van der Waals surface area contributed by atoms with E-state index in [0.29, 0.717) is 12.1 Å². The molecule has 20 heavy (non-hydrogen) atoms. The van der Waals surface area contributed by atoms with Gasteiger partial charge in [0.1, 0.15) is 0 Å². The van der Waals surface area contributed by atoms with Gasteiger partial charge in [0.15, 0.2) is 0 Å². The fourth-order valence-electron chi connectivity index (χ4n) is 2.54. The summed E-state index contributed by atoms with van der Waals surface area (Å²) in [5, 5.41) is 0. The van der Waals surface area contributed by atoms with E-state index in [9.17, 15) is 4.79 Å². The standard InChI is InChI=1S/C16H15BrN2O/c1-10-8-12-6-7-19(15(12)9-14(10)18)16(20)11-2-4-13(17)5-3-11/h2-5,8-9H,6-7,18H2,1H3. The number of anilines is 2. The highest BCUT2D eigenvalue weighted by atomic mass is 79.9. The van der Waals surface area contributed by atoms with Gasteiger partial charge in [0.2, 0.25) is 0 Å².